The summed E-state index contributed by atoms with van der Waals surface area (Å²) in [7, 11) is -5.19. The molecule has 0 saturated carbocycles. The van der Waals surface area contributed by atoms with Gasteiger partial charge in [-0.25, -0.2) is 0 Å². The number of nitrogens with one attached hydrogen (secondary N) is 1. The zero-order valence-electron chi connectivity index (χ0n) is 10.7. The second-order valence-corrected chi connectivity index (χ2v) is 5.91. The van der Waals surface area contributed by atoms with Gasteiger partial charge in [0.25, 0.3) is 0 Å². The quantitative estimate of drug-likeness (QED) is 0.864. The largest absolute Gasteiger partial charge is 0.425 e. The number of sulfonamides is 1. The van der Waals surface area contributed by atoms with Crippen molar-refractivity contribution in [1.82, 2.24) is 0 Å². The van der Waals surface area contributed by atoms with Gasteiger partial charge in [-0.3, -0.25) is 9.52 Å². The molecule has 0 saturated heterocycles. The number of carbonyl (C=O) groups is 1. The lowest BCUT2D eigenvalue weighted by molar-refractivity contribution is 0.0529. The van der Waals surface area contributed by atoms with E-state index in [9.17, 15) is 22.0 Å². The van der Waals surface area contributed by atoms with Crippen LogP contribution in [-0.4, -0.2) is 19.5 Å². The number of para-hydroxylation sites is 1. The maximum atomic E-state index is 14.0. The van der Waals surface area contributed by atoms with Gasteiger partial charge in [-0.05, 0) is 12.1 Å². The third kappa shape index (κ3) is 3.08. The molecule has 0 radical (unpaired) electrons. The summed E-state index contributed by atoms with van der Waals surface area (Å²) in [4.78, 5) is 11.7. The molecule has 0 bridgehead atoms. The SMILES string of the molecule is O=C(c1ccccc1)C(F)(F)S(=O)(=O)Nc1ccccc1. The van der Waals surface area contributed by atoms with Gasteiger partial charge in [0, 0.05) is 11.3 Å². The van der Waals surface area contributed by atoms with E-state index in [-0.39, 0.29) is 11.3 Å². The molecule has 2 aromatic carbocycles. The van der Waals surface area contributed by atoms with Crippen LogP contribution in [0.3, 0.4) is 0 Å². The van der Waals surface area contributed by atoms with E-state index in [1.807, 2.05) is 0 Å². The second kappa shape index (κ2) is 5.61. The number of rotatable bonds is 5. The number of ketones is 1. The third-order valence-electron chi connectivity index (χ3n) is 2.66. The van der Waals surface area contributed by atoms with E-state index in [1.54, 1.807) is 10.8 Å². The molecular weight excluding hydrogens is 300 g/mol. The Kier molecular flexibility index (Phi) is 4.04. The van der Waals surface area contributed by atoms with Crippen molar-refractivity contribution in [3.05, 3.63) is 66.2 Å². The number of anilines is 1. The Morgan fingerprint density at radius 2 is 1.38 bits per heavy atom. The second-order valence-electron chi connectivity index (χ2n) is 4.18. The molecular formula is C14H11F2NO3S. The maximum absolute atomic E-state index is 14.0. The van der Waals surface area contributed by atoms with Crippen LogP contribution in [0.1, 0.15) is 10.4 Å². The molecule has 0 aliphatic rings. The first-order valence-electron chi connectivity index (χ1n) is 5.90. The predicted molar refractivity (Wildman–Crippen MR) is 74.7 cm³/mol. The fourth-order valence-corrected chi connectivity index (χ4v) is 2.54. The lowest BCUT2D eigenvalue weighted by atomic mass is 10.1. The molecule has 2 rings (SSSR count). The van der Waals surface area contributed by atoms with Crippen molar-refractivity contribution in [2.24, 2.45) is 0 Å². The first-order valence-corrected chi connectivity index (χ1v) is 7.38. The van der Waals surface area contributed by atoms with E-state index in [0.717, 1.165) is 12.1 Å². The van der Waals surface area contributed by atoms with Crippen molar-refractivity contribution >= 4 is 21.5 Å². The van der Waals surface area contributed by atoms with Crippen molar-refractivity contribution in [3.63, 3.8) is 0 Å². The van der Waals surface area contributed by atoms with Crippen LogP contribution >= 0.6 is 0 Å². The summed E-state index contributed by atoms with van der Waals surface area (Å²) in [5.74, 6) is -1.77. The summed E-state index contributed by atoms with van der Waals surface area (Å²) in [5.41, 5.74) is -0.418. The van der Waals surface area contributed by atoms with Crippen LogP contribution in [-0.2, 0) is 10.0 Å². The normalized spacial score (nSPS) is 11.9. The zero-order chi connectivity index (χ0) is 15.5. The van der Waals surface area contributed by atoms with Crippen LogP contribution in [0.25, 0.3) is 0 Å². The van der Waals surface area contributed by atoms with Gasteiger partial charge in [-0.1, -0.05) is 48.5 Å². The monoisotopic (exact) mass is 311 g/mol. The molecule has 1 N–H and O–H groups in total. The van der Waals surface area contributed by atoms with Gasteiger partial charge in [-0.2, -0.15) is 17.2 Å². The lowest BCUT2D eigenvalue weighted by Crippen LogP contribution is -2.41. The van der Waals surface area contributed by atoms with Crippen molar-refractivity contribution < 1.29 is 22.0 Å². The predicted octanol–water partition coefficient (Wildman–Crippen LogP) is 2.90. The van der Waals surface area contributed by atoms with Gasteiger partial charge in [-0.15, -0.1) is 0 Å². The topological polar surface area (TPSA) is 63.2 Å². The number of hydrogen-bond acceptors (Lipinski definition) is 3. The van der Waals surface area contributed by atoms with Crippen LogP contribution < -0.4 is 4.72 Å². The molecule has 0 amide bonds. The molecule has 0 atom stereocenters. The number of halogens is 2. The van der Waals surface area contributed by atoms with E-state index in [1.165, 1.54) is 42.5 Å². The highest BCUT2D eigenvalue weighted by molar-refractivity contribution is 7.94. The number of alkyl halides is 2. The minimum Gasteiger partial charge on any atom is -0.286 e. The smallest absolute Gasteiger partial charge is 0.286 e. The average Bonchev–Trinajstić information content (AvgIpc) is 2.47. The molecule has 0 aliphatic heterocycles. The summed E-state index contributed by atoms with van der Waals surface area (Å²) in [6.07, 6.45) is 0. The van der Waals surface area contributed by atoms with Crippen LogP contribution in [0.4, 0.5) is 14.5 Å². The fourth-order valence-electron chi connectivity index (χ4n) is 1.61. The molecule has 0 aromatic heterocycles. The number of benzene rings is 2. The first-order chi connectivity index (χ1) is 9.84. The van der Waals surface area contributed by atoms with Crippen molar-refractivity contribution in [1.29, 1.82) is 0 Å². The van der Waals surface area contributed by atoms with Crippen LogP contribution in [0, 0.1) is 0 Å². The van der Waals surface area contributed by atoms with E-state index in [0.29, 0.717) is 0 Å². The number of hydrogen-bond donors (Lipinski definition) is 1. The highest BCUT2D eigenvalue weighted by atomic mass is 32.2. The van der Waals surface area contributed by atoms with E-state index in [2.05, 4.69) is 0 Å². The van der Waals surface area contributed by atoms with Crippen LogP contribution in [0.5, 0.6) is 0 Å². The maximum Gasteiger partial charge on any atom is 0.425 e. The summed E-state index contributed by atoms with van der Waals surface area (Å²) in [6.45, 7) is 0. The molecule has 7 heteroatoms. The molecule has 2 aromatic rings. The summed E-state index contributed by atoms with van der Waals surface area (Å²) >= 11 is 0. The summed E-state index contributed by atoms with van der Waals surface area (Å²) in [5, 5.41) is -4.57. The number of carbonyl (C=O) groups excluding carboxylic acids is 1. The average molecular weight is 311 g/mol. The van der Waals surface area contributed by atoms with Gasteiger partial charge < -0.3 is 0 Å². The molecule has 0 fully saturated rings. The van der Waals surface area contributed by atoms with Gasteiger partial charge in [0.2, 0.25) is 5.78 Å². The zero-order valence-corrected chi connectivity index (χ0v) is 11.5. The Labute approximate surface area is 120 Å². The minimum atomic E-state index is -5.19. The first kappa shape index (κ1) is 15.1. The van der Waals surface area contributed by atoms with E-state index >= 15 is 0 Å². The molecule has 21 heavy (non-hydrogen) atoms. The summed E-state index contributed by atoms with van der Waals surface area (Å²) in [6, 6.07) is 13.7. The molecule has 0 heterocycles. The van der Waals surface area contributed by atoms with Gasteiger partial charge in [0.15, 0.2) is 0 Å². The molecule has 0 aliphatic carbocycles. The Balaban J connectivity index is 2.32. The highest BCUT2D eigenvalue weighted by Crippen LogP contribution is 2.28. The van der Waals surface area contributed by atoms with Gasteiger partial charge in [0.05, 0.1) is 0 Å². The third-order valence-corrected chi connectivity index (χ3v) is 4.03. The highest BCUT2D eigenvalue weighted by Gasteiger charge is 2.53. The Bertz CT molecular complexity index is 731. The Morgan fingerprint density at radius 1 is 0.905 bits per heavy atom. The Morgan fingerprint density at radius 3 is 1.90 bits per heavy atom. The van der Waals surface area contributed by atoms with Gasteiger partial charge >= 0.3 is 15.3 Å². The van der Waals surface area contributed by atoms with Crippen molar-refractivity contribution in [2.45, 2.75) is 5.25 Å². The standard InChI is InChI=1S/C14H11F2NO3S/c15-14(16,13(18)11-7-3-1-4-8-11)21(19,20)17-12-9-5-2-6-10-12/h1-10,17H. The van der Waals surface area contributed by atoms with E-state index < -0.39 is 21.1 Å². The molecule has 0 unspecified atom stereocenters. The summed E-state index contributed by atoms with van der Waals surface area (Å²) < 4.78 is 53.2. The number of Topliss-reactive ketones (excluding diaryl/α,β-unsaturated/α-hetero) is 1. The van der Waals surface area contributed by atoms with Crippen molar-refractivity contribution in [3.8, 4) is 0 Å². The molecule has 4 nitrogen and oxygen atoms in total. The molecule has 110 valence electrons. The molecule has 0 spiro atoms. The van der Waals surface area contributed by atoms with Crippen molar-refractivity contribution in [2.75, 3.05) is 4.72 Å². The van der Waals surface area contributed by atoms with Crippen LogP contribution in [0.15, 0.2) is 60.7 Å². The van der Waals surface area contributed by atoms with Gasteiger partial charge in [0.1, 0.15) is 0 Å². The van der Waals surface area contributed by atoms with Crippen LogP contribution in [0.2, 0.25) is 0 Å². The Hall–Kier alpha value is -2.28. The fraction of sp³-hybridized carbons (Fsp3) is 0.0714. The minimum absolute atomic E-state index is 0.0435. The van der Waals surface area contributed by atoms with E-state index in [4.69, 9.17) is 0 Å². The lowest BCUT2D eigenvalue weighted by Gasteiger charge is -2.17.